The third-order valence-corrected chi connectivity index (χ3v) is 5.48. The Hall–Kier alpha value is -3.87. The summed E-state index contributed by atoms with van der Waals surface area (Å²) in [4.78, 5) is 18.9. The number of morpholine rings is 1. The fourth-order valence-corrected chi connectivity index (χ4v) is 3.40. The number of carbonyl (C=O) groups excluding carboxylic acids is 1. The van der Waals surface area contributed by atoms with Crippen molar-refractivity contribution in [3.63, 3.8) is 0 Å². The molecule has 0 aliphatic carbocycles. The third-order valence-electron chi connectivity index (χ3n) is 5.48. The number of hydrogen-bond donors (Lipinski definition) is 2. The van der Waals surface area contributed by atoms with Gasteiger partial charge >= 0.3 is 6.03 Å². The summed E-state index contributed by atoms with van der Waals surface area (Å²) in [5, 5.41) is 9.32. The molecule has 0 spiro atoms. The van der Waals surface area contributed by atoms with E-state index in [4.69, 9.17) is 14.0 Å². The van der Waals surface area contributed by atoms with Gasteiger partial charge in [0, 0.05) is 42.4 Å². The molecule has 0 atom stereocenters. The van der Waals surface area contributed by atoms with Crippen LogP contribution in [-0.2, 0) is 10.2 Å². The van der Waals surface area contributed by atoms with Gasteiger partial charge in [0.1, 0.15) is 23.8 Å². The van der Waals surface area contributed by atoms with E-state index in [2.05, 4.69) is 37.5 Å². The molecule has 0 unspecified atom stereocenters. The Morgan fingerprint density at radius 3 is 2.53 bits per heavy atom. The first-order chi connectivity index (χ1) is 17.3. The van der Waals surface area contributed by atoms with Crippen LogP contribution >= 0.6 is 0 Å². The molecule has 0 saturated carbocycles. The topological polar surface area (TPSA) is 102 Å². The van der Waals surface area contributed by atoms with Gasteiger partial charge in [0.2, 0.25) is 0 Å². The number of ether oxygens (including phenoxy) is 2. The maximum absolute atomic E-state index is 12.3. The van der Waals surface area contributed by atoms with Crippen molar-refractivity contribution in [1.82, 2.24) is 15.0 Å². The molecule has 3 aromatic rings. The summed E-state index contributed by atoms with van der Waals surface area (Å²) in [6.45, 7) is 11.0. The summed E-state index contributed by atoms with van der Waals surface area (Å²) >= 11 is 0. The number of rotatable bonds is 6. The fourth-order valence-electron chi connectivity index (χ4n) is 3.40. The van der Waals surface area contributed by atoms with Gasteiger partial charge < -0.3 is 19.3 Å². The van der Waals surface area contributed by atoms with Gasteiger partial charge in [-0.2, -0.15) is 0 Å². The highest BCUT2D eigenvalue weighted by molar-refractivity contribution is 5.99. The first-order valence-corrected chi connectivity index (χ1v) is 11.9. The van der Waals surface area contributed by atoms with Crippen LogP contribution in [0.3, 0.4) is 0 Å². The highest BCUT2D eigenvalue weighted by atomic mass is 16.5. The minimum Gasteiger partial charge on any atom is -0.491 e. The van der Waals surface area contributed by atoms with Crippen LogP contribution in [0.1, 0.15) is 37.8 Å². The van der Waals surface area contributed by atoms with Gasteiger partial charge in [-0.1, -0.05) is 31.8 Å². The predicted octanol–water partition coefficient (Wildman–Crippen LogP) is 4.12. The van der Waals surface area contributed by atoms with Crippen LogP contribution in [0.25, 0.3) is 0 Å². The van der Waals surface area contributed by atoms with Crippen molar-refractivity contribution in [2.45, 2.75) is 26.2 Å². The standard InChI is InChI=1S/C27H31N5O4/c1-27(2,3)24-18-25(31-36-24)30-26(33)29-22-8-5-20(6-9-22)4-7-21-10-11-23(19-28-21)35-17-14-32-12-15-34-16-13-32/h5-6,8-11,18-19H,12-17H2,1-3H3,(H2,29,30,31,33). The first-order valence-electron chi connectivity index (χ1n) is 11.9. The molecule has 1 aromatic carbocycles. The minimum atomic E-state index is -0.404. The van der Waals surface area contributed by atoms with Crippen LogP contribution in [0.15, 0.2) is 53.2 Å². The van der Waals surface area contributed by atoms with E-state index in [0.29, 0.717) is 29.6 Å². The molecule has 4 rings (SSSR count). The zero-order valence-corrected chi connectivity index (χ0v) is 20.8. The number of carbonyl (C=O) groups is 1. The number of urea groups is 1. The van der Waals surface area contributed by atoms with Crippen LogP contribution in [0.5, 0.6) is 5.75 Å². The lowest BCUT2D eigenvalue weighted by Gasteiger charge is -2.26. The van der Waals surface area contributed by atoms with Gasteiger partial charge in [0.05, 0.1) is 19.4 Å². The summed E-state index contributed by atoms with van der Waals surface area (Å²) in [6, 6.07) is 12.3. The van der Waals surface area contributed by atoms with Gasteiger partial charge in [-0.15, -0.1) is 0 Å². The number of anilines is 2. The first kappa shape index (κ1) is 25.2. The smallest absolute Gasteiger partial charge is 0.324 e. The Bertz CT molecular complexity index is 1200. The Morgan fingerprint density at radius 1 is 1.08 bits per heavy atom. The fraction of sp³-hybridized carbons (Fsp3) is 0.370. The molecule has 2 aromatic heterocycles. The molecule has 0 bridgehead atoms. The average Bonchev–Trinajstić information content (AvgIpc) is 3.34. The number of aromatic nitrogens is 2. The minimum absolute atomic E-state index is 0.186. The molecule has 3 heterocycles. The van der Waals surface area contributed by atoms with E-state index in [1.165, 1.54) is 0 Å². The van der Waals surface area contributed by atoms with Crippen LogP contribution in [0.2, 0.25) is 0 Å². The van der Waals surface area contributed by atoms with E-state index < -0.39 is 6.03 Å². The quantitative estimate of drug-likeness (QED) is 0.502. The Balaban J connectivity index is 1.24. The lowest BCUT2D eigenvalue weighted by molar-refractivity contribution is 0.0322. The summed E-state index contributed by atoms with van der Waals surface area (Å²) in [5.74, 6) is 7.91. The molecule has 1 aliphatic heterocycles. The van der Waals surface area contributed by atoms with E-state index in [1.807, 2.05) is 45.0 Å². The van der Waals surface area contributed by atoms with E-state index >= 15 is 0 Å². The van der Waals surface area contributed by atoms with Crippen LogP contribution in [0.4, 0.5) is 16.3 Å². The van der Waals surface area contributed by atoms with Gasteiger partial charge in [0.15, 0.2) is 5.82 Å². The Labute approximate surface area is 211 Å². The molecule has 0 radical (unpaired) electrons. The maximum atomic E-state index is 12.3. The van der Waals surface area contributed by atoms with E-state index in [-0.39, 0.29) is 5.41 Å². The molecule has 1 aliphatic rings. The van der Waals surface area contributed by atoms with Crippen molar-refractivity contribution in [3.05, 3.63) is 65.7 Å². The van der Waals surface area contributed by atoms with Crippen LogP contribution in [-0.4, -0.2) is 60.5 Å². The van der Waals surface area contributed by atoms with Crippen molar-refractivity contribution in [3.8, 4) is 17.6 Å². The van der Waals surface area contributed by atoms with E-state index in [0.717, 1.165) is 44.2 Å². The zero-order valence-electron chi connectivity index (χ0n) is 20.8. The van der Waals surface area contributed by atoms with Crippen molar-refractivity contribution in [2.75, 3.05) is 50.1 Å². The second-order valence-electron chi connectivity index (χ2n) is 9.41. The molecule has 2 N–H and O–H groups in total. The number of nitrogens with zero attached hydrogens (tertiary/aromatic N) is 3. The van der Waals surface area contributed by atoms with Crippen molar-refractivity contribution < 1.29 is 18.8 Å². The molecular formula is C27H31N5O4. The predicted molar refractivity (Wildman–Crippen MR) is 137 cm³/mol. The van der Waals surface area contributed by atoms with Gasteiger partial charge in [0.25, 0.3) is 0 Å². The monoisotopic (exact) mass is 489 g/mol. The second-order valence-corrected chi connectivity index (χ2v) is 9.41. The summed E-state index contributed by atoms with van der Waals surface area (Å²) < 4.78 is 16.4. The number of pyridine rings is 1. The van der Waals surface area contributed by atoms with Crippen molar-refractivity contribution in [1.29, 1.82) is 0 Å². The maximum Gasteiger partial charge on any atom is 0.324 e. The normalized spacial score (nSPS) is 14.0. The van der Waals surface area contributed by atoms with Crippen molar-refractivity contribution >= 4 is 17.5 Å². The number of nitrogens with one attached hydrogen (secondary N) is 2. The molecular weight excluding hydrogens is 458 g/mol. The summed E-state index contributed by atoms with van der Waals surface area (Å²) in [5.41, 5.74) is 1.91. The number of amides is 2. The molecule has 1 fully saturated rings. The van der Waals surface area contributed by atoms with Gasteiger partial charge in [-0.05, 0) is 42.3 Å². The Morgan fingerprint density at radius 2 is 1.86 bits per heavy atom. The van der Waals surface area contributed by atoms with Crippen LogP contribution in [0, 0.1) is 11.8 Å². The lowest BCUT2D eigenvalue weighted by Crippen LogP contribution is -2.38. The SMILES string of the molecule is CC(C)(C)c1cc(NC(=O)Nc2ccc(C#Cc3ccc(OCCN4CCOCC4)cn3)cc2)no1. The lowest BCUT2D eigenvalue weighted by atomic mass is 9.93. The van der Waals surface area contributed by atoms with Gasteiger partial charge in [-0.25, -0.2) is 9.78 Å². The summed E-state index contributed by atoms with van der Waals surface area (Å²) in [7, 11) is 0. The second kappa shape index (κ2) is 11.7. The number of hydrogen-bond acceptors (Lipinski definition) is 7. The van der Waals surface area contributed by atoms with Crippen molar-refractivity contribution in [2.24, 2.45) is 0 Å². The average molecular weight is 490 g/mol. The molecule has 2 amide bonds. The molecule has 9 nitrogen and oxygen atoms in total. The number of benzene rings is 1. The van der Waals surface area contributed by atoms with Crippen LogP contribution < -0.4 is 15.4 Å². The molecule has 1 saturated heterocycles. The largest absolute Gasteiger partial charge is 0.491 e. The van der Waals surface area contributed by atoms with Gasteiger partial charge in [-0.3, -0.25) is 10.2 Å². The molecule has 188 valence electrons. The highest BCUT2D eigenvalue weighted by Gasteiger charge is 2.20. The van der Waals surface area contributed by atoms with E-state index in [1.54, 1.807) is 24.4 Å². The van der Waals surface area contributed by atoms with E-state index in [9.17, 15) is 4.79 Å². The Kier molecular flexibility index (Phi) is 8.21. The zero-order chi connectivity index (χ0) is 25.4. The molecule has 9 heteroatoms. The third kappa shape index (κ3) is 7.57. The molecule has 36 heavy (non-hydrogen) atoms. The summed E-state index contributed by atoms with van der Waals surface area (Å²) in [6.07, 6.45) is 1.69. The highest BCUT2D eigenvalue weighted by Crippen LogP contribution is 2.24.